The van der Waals surface area contributed by atoms with E-state index in [9.17, 15) is 8.42 Å². The number of anilines is 5. The molecule has 0 amide bonds. The molecule has 1 heterocycles. The van der Waals surface area contributed by atoms with Crippen molar-refractivity contribution >= 4 is 38.9 Å². The van der Waals surface area contributed by atoms with Crippen molar-refractivity contribution in [3.05, 3.63) is 30.5 Å². The minimum absolute atomic E-state index is 0.437. The first-order valence-electron chi connectivity index (χ1n) is 6.48. The van der Waals surface area contributed by atoms with Crippen LogP contribution in [0.25, 0.3) is 0 Å². The lowest BCUT2D eigenvalue weighted by molar-refractivity contribution is 0.607. The van der Waals surface area contributed by atoms with E-state index in [1.165, 1.54) is 0 Å². The van der Waals surface area contributed by atoms with Crippen LogP contribution in [0, 0.1) is 0 Å². The number of sulfonamides is 1. The molecule has 0 saturated heterocycles. The van der Waals surface area contributed by atoms with Gasteiger partial charge in [-0.05, 0) is 24.3 Å². The average molecular weight is 322 g/mol. The van der Waals surface area contributed by atoms with Crippen molar-refractivity contribution in [2.45, 2.75) is 0 Å². The lowest BCUT2D eigenvalue weighted by atomic mass is 10.3. The summed E-state index contributed by atoms with van der Waals surface area (Å²) in [4.78, 5) is 8.53. The minimum atomic E-state index is -3.28. The Morgan fingerprint density at radius 2 is 1.64 bits per heavy atom. The zero-order chi connectivity index (χ0) is 16.2. The highest BCUT2D eigenvalue weighted by Crippen LogP contribution is 2.21. The lowest BCUT2D eigenvalue weighted by Gasteiger charge is -2.10. The van der Waals surface area contributed by atoms with Crippen LogP contribution in [0.3, 0.4) is 0 Å². The fourth-order valence-electron chi connectivity index (χ4n) is 1.78. The van der Waals surface area contributed by atoms with Gasteiger partial charge in [-0.25, -0.2) is 13.4 Å². The lowest BCUT2D eigenvalue weighted by Crippen LogP contribution is -2.09. The van der Waals surface area contributed by atoms with Gasteiger partial charge in [0.05, 0.1) is 18.1 Å². The number of hydrogen-bond acceptors (Lipinski definition) is 7. The van der Waals surface area contributed by atoms with E-state index in [2.05, 4.69) is 30.6 Å². The number of aromatic nitrogens is 2. The van der Waals surface area contributed by atoms with Gasteiger partial charge in [0.2, 0.25) is 16.0 Å². The Morgan fingerprint density at radius 3 is 2.18 bits per heavy atom. The Morgan fingerprint density at radius 1 is 1.00 bits per heavy atom. The van der Waals surface area contributed by atoms with Gasteiger partial charge in [0.25, 0.3) is 0 Å². The van der Waals surface area contributed by atoms with E-state index in [1.807, 2.05) is 0 Å². The summed E-state index contributed by atoms with van der Waals surface area (Å²) >= 11 is 0. The molecule has 0 radical (unpaired) electrons. The fourth-order valence-corrected chi connectivity index (χ4v) is 2.34. The smallest absolute Gasteiger partial charge is 0.229 e. The quantitative estimate of drug-likeness (QED) is 0.640. The third kappa shape index (κ3) is 4.22. The standard InChI is InChI=1S/C13H18N6O2S/c1-14-11-8-16-13(18-12(11)15-2)17-9-4-6-10(7-5-9)19-22(3,20)21/h4-8,14,19H,1-3H3,(H2,15,16,17,18). The molecule has 0 aliphatic heterocycles. The van der Waals surface area contributed by atoms with Gasteiger partial charge in [0.1, 0.15) is 0 Å². The van der Waals surface area contributed by atoms with Crippen LogP contribution in [0.1, 0.15) is 0 Å². The molecule has 0 aliphatic carbocycles. The SMILES string of the molecule is CNc1cnc(Nc2ccc(NS(C)(=O)=O)cc2)nc1NC. The summed E-state index contributed by atoms with van der Waals surface area (Å²) in [5, 5.41) is 9.02. The molecule has 9 heteroatoms. The van der Waals surface area contributed by atoms with Crippen molar-refractivity contribution in [3.8, 4) is 0 Å². The molecule has 2 aromatic rings. The number of nitrogens with one attached hydrogen (secondary N) is 4. The van der Waals surface area contributed by atoms with Gasteiger partial charge in [0, 0.05) is 25.5 Å². The second-order valence-electron chi connectivity index (χ2n) is 4.53. The van der Waals surface area contributed by atoms with Crippen LogP contribution in [-0.4, -0.2) is 38.7 Å². The Hall–Kier alpha value is -2.55. The number of benzene rings is 1. The van der Waals surface area contributed by atoms with Gasteiger partial charge in [0.15, 0.2) is 5.82 Å². The van der Waals surface area contributed by atoms with Crippen molar-refractivity contribution in [2.24, 2.45) is 0 Å². The van der Waals surface area contributed by atoms with Crippen molar-refractivity contribution in [1.82, 2.24) is 9.97 Å². The summed E-state index contributed by atoms with van der Waals surface area (Å²) in [5.74, 6) is 1.11. The molecule has 0 unspecified atom stereocenters. The first-order valence-corrected chi connectivity index (χ1v) is 8.38. The van der Waals surface area contributed by atoms with Gasteiger partial charge >= 0.3 is 0 Å². The van der Waals surface area contributed by atoms with Gasteiger partial charge in [-0.15, -0.1) is 0 Å². The van der Waals surface area contributed by atoms with Crippen LogP contribution in [0.5, 0.6) is 0 Å². The summed E-state index contributed by atoms with van der Waals surface area (Å²) in [5.41, 5.74) is 2.04. The molecule has 22 heavy (non-hydrogen) atoms. The molecule has 0 bridgehead atoms. The molecule has 4 N–H and O–H groups in total. The number of rotatable bonds is 6. The highest BCUT2D eigenvalue weighted by Gasteiger charge is 2.05. The maximum absolute atomic E-state index is 11.1. The summed E-state index contributed by atoms with van der Waals surface area (Å²) in [7, 11) is 0.292. The zero-order valence-corrected chi connectivity index (χ0v) is 13.3. The van der Waals surface area contributed by atoms with E-state index in [-0.39, 0.29) is 0 Å². The molecule has 1 aromatic carbocycles. The summed E-state index contributed by atoms with van der Waals surface area (Å²) in [6, 6.07) is 6.79. The van der Waals surface area contributed by atoms with Crippen molar-refractivity contribution < 1.29 is 8.42 Å². The van der Waals surface area contributed by atoms with Crippen LogP contribution in [0.4, 0.5) is 28.8 Å². The van der Waals surface area contributed by atoms with Crippen molar-refractivity contribution in [3.63, 3.8) is 0 Å². The van der Waals surface area contributed by atoms with Crippen molar-refractivity contribution in [2.75, 3.05) is 41.0 Å². The first kappa shape index (κ1) is 15.8. The van der Waals surface area contributed by atoms with Gasteiger partial charge < -0.3 is 16.0 Å². The molecule has 8 nitrogen and oxygen atoms in total. The molecular weight excluding hydrogens is 304 g/mol. The van der Waals surface area contributed by atoms with Gasteiger partial charge in [-0.1, -0.05) is 0 Å². The number of hydrogen-bond donors (Lipinski definition) is 4. The Labute approximate surface area is 129 Å². The molecule has 2 rings (SSSR count). The van der Waals surface area contributed by atoms with E-state index in [0.29, 0.717) is 17.5 Å². The largest absolute Gasteiger partial charge is 0.384 e. The second-order valence-corrected chi connectivity index (χ2v) is 6.28. The second kappa shape index (κ2) is 6.48. The molecule has 0 saturated carbocycles. The topological polar surface area (TPSA) is 108 Å². The van der Waals surface area contributed by atoms with Crippen LogP contribution < -0.4 is 20.7 Å². The van der Waals surface area contributed by atoms with Crippen LogP contribution >= 0.6 is 0 Å². The normalized spacial score (nSPS) is 10.9. The van der Waals surface area contributed by atoms with Gasteiger partial charge in [-0.2, -0.15) is 4.98 Å². The first-order chi connectivity index (χ1) is 10.4. The van der Waals surface area contributed by atoms with Crippen molar-refractivity contribution in [1.29, 1.82) is 0 Å². The minimum Gasteiger partial charge on any atom is -0.384 e. The van der Waals surface area contributed by atoms with Crippen LogP contribution in [0.2, 0.25) is 0 Å². The Balaban J connectivity index is 2.14. The predicted molar refractivity (Wildman–Crippen MR) is 89.3 cm³/mol. The van der Waals surface area contributed by atoms with E-state index in [4.69, 9.17) is 0 Å². The van der Waals surface area contributed by atoms with E-state index in [0.717, 1.165) is 17.6 Å². The molecule has 0 aliphatic rings. The molecule has 0 spiro atoms. The third-order valence-electron chi connectivity index (χ3n) is 2.74. The molecule has 118 valence electrons. The Kier molecular flexibility index (Phi) is 4.66. The highest BCUT2D eigenvalue weighted by molar-refractivity contribution is 7.92. The monoisotopic (exact) mass is 322 g/mol. The fraction of sp³-hybridized carbons (Fsp3) is 0.231. The summed E-state index contributed by atoms with van der Waals surface area (Å²) in [6.07, 6.45) is 2.77. The van der Waals surface area contributed by atoms with Gasteiger partial charge in [-0.3, -0.25) is 4.72 Å². The van der Waals surface area contributed by atoms with Crippen LogP contribution in [0.15, 0.2) is 30.5 Å². The molecule has 0 fully saturated rings. The summed E-state index contributed by atoms with van der Waals surface area (Å²) in [6.45, 7) is 0. The maximum atomic E-state index is 11.1. The Bertz CT molecular complexity index is 746. The number of nitrogens with zero attached hydrogens (tertiary/aromatic N) is 2. The van der Waals surface area contributed by atoms with E-state index < -0.39 is 10.0 Å². The predicted octanol–water partition coefficient (Wildman–Crippen LogP) is 1.68. The zero-order valence-electron chi connectivity index (χ0n) is 12.5. The molecular formula is C13H18N6O2S. The summed E-state index contributed by atoms with van der Waals surface area (Å²) < 4.78 is 24.7. The average Bonchev–Trinajstić information content (AvgIpc) is 2.47. The third-order valence-corrected chi connectivity index (χ3v) is 3.35. The molecule has 1 aromatic heterocycles. The van der Waals surface area contributed by atoms with E-state index in [1.54, 1.807) is 44.6 Å². The molecule has 0 atom stereocenters. The van der Waals surface area contributed by atoms with E-state index >= 15 is 0 Å². The maximum Gasteiger partial charge on any atom is 0.229 e. The van der Waals surface area contributed by atoms with Crippen LogP contribution in [-0.2, 0) is 10.0 Å². The highest BCUT2D eigenvalue weighted by atomic mass is 32.2.